The van der Waals surface area contributed by atoms with Crippen LogP contribution in [0.2, 0.25) is 0 Å². The first-order valence-corrected chi connectivity index (χ1v) is 9.33. The predicted octanol–water partition coefficient (Wildman–Crippen LogP) is 4.50. The number of aromatic amines is 1. The predicted molar refractivity (Wildman–Crippen MR) is 109 cm³/mol. The van der Waals surface area contributed by atoms with Gasteiger partial charge in [-0.05, 0) is 57.0 Å². The quantitative estimate of drug-likeness (QED) is 0.685. The summed E-state index contributed by atoms with van der Waals surface area (Å²) < 4.78 is 13.9. The Hall–Kier alpha value is -2.95. The van der Waals surface area contributed by atoms with Crippen LogP contribution in [0.5, 0.6) is 0 Å². The summed E-state index contributed by atoms with van der Waals surface area (Å²) in [4.78, 5) is 28.0. The van der Waals surface area contributed by atoms with E-state index in [1.54, 1.807) is 24.3 Å². The summed E-state index contributed by atoms with van der Waals surface area (Å²) >= 11 is 0. The van der Waals surface area contributed by atoms with E-state index in [0.717, 1.165) is 22.2 Å². The minimum Gasteiger partial charge on any atom is -0.356 e. The molecule has 146 valence electrons. The Morgan fingerprint density at radius 2 is 1.79 bits per heavy atom. The molecular formula is C23H25FN2O2. The SMILES string of the molecule is Cc1[nH]c2c(F)cccc2c1CC(=O)Cc1cccc(C(=O)NC(C)(C)C)c1. The van der Waals surface area contributed by atoms with Crippen molar-refractivity contribution in [2.45, 2.75) is 46.1 Å². The van der Waals surface area contributed by atoms with Crippen molar-refractivity contribution >= 4 is 22.6 Å². The molecule has 0 saturated heterocycles. The van der Waals surface area contributed by atoms with Gasteiger partial charge in [-0.15, -0.1) is 0 Å². The number of hydrogen-bond acceptors (Lipinski definition) is 2. The molecule has 0 unspecified atom stereocenters. The van der Waals surface area contributed by atoms with Crippen molar-refractivity contribution in [1.29, 1.82) is 0 Å². The summed E-state index contributed by atoms with van der Waals surface area (Å²) in [7, 11) is 0. The second-order valence-corrected chi connectivity index (χ2v) is 8.19. The van der Waals surface area contributed by atoms with Gasteiger partial charge in [-0.2, -0.15) is 0 Å². The molecule has 3 rings (SSSR count). The van der Waals surface area contributed by atoms with Crippen molar-refractivity contribution in [3.63, 3.8) is 0 Å². The molecule has 0 aliphatic rings. The maximum atomic E-state index is 13.9. The minimum absolute atomic E-state index is 0.0154. The van der Waals surface area contributed by atoms with Crippen LogP contribution in [-0.2, 0) is 17.6 Å². The summed E-state index contributed by atoms with van der Waals surface area (Å²) in [6.45, 7) is 7.61. The molecule has 0 aliphatic carbocycles. The Morgan fingerprint density at radius 1 is 1.07 bits per heavy atom. The van der Waals surface area contributed by atoms with E-state index in [9.17, 15) is 14.0 Å². The van der Waals surface area contributed by atoms with Crippen LogP contribution < -0.4 is 5.32 Å². The Kier molecular flexibility index (Phi) is 5.36. The highest BCUT2D eigenvalue weighted by Gasteiger charge is 2.17. The molecule has 3 aromatic rings. The van der Waals surface area contributed by atoms with Crippen molar-refractivity contribution in [3.8, 4) is 0 Å². The number of halogens is 1. The van der Waals surface area contributed by atoms with E-state index in [0.29, 0.717) is 11.1 Å². The van der Waals surface area contributed by atoms with Crippen molar-refractivity contribution in [2.24, 2.45) is 0 Å². The molecule has 1 amide bonds. The number of H-pyrrole nitrogens is 1. The van der Waals surface area contributed by atoms with E-state index in [1.807, 2.05) is 39.8 Å². The number of Topliss-reactive ketones (excluding diaryl/α,β-unsaturated/α-hetero) is 1. The van der Waals surface area contributed by atoms with Gasteiger partial charge in [0.25, 0.3) is 5.91 Å². The molecule has 0 aliphatic heterocycles. The fraction of sp³-hybridized carbons (Fsp3) is 0.304. The number of carbonyl (C=O) groups excluding carboxylic acids is 2. The number of aromatic nitrogens is 1. The molecule has 5 heteroatoms. The first-order chi connectivity index (χ1) is 13.1. The molecule has 2 N–H and O–H groups in total. The molecule has 0 bridgehead atoms. The van der Waals surface area contributed by atoms with Gasteiger partial charge in [0.15, 0.2) is 0 Å². The number of amides is 1. The molecule has 1 heterocycles. The summed E-state index contributed by atoms with van der Waals surface area (Å²) in [5, 5.41) is 3.66. The molecule has 1 aromatic heterocycles. The molecule has 0 radical (unpaired) electrons. The van der Waals surface area contributed by atoms with E-state index >= 15 is 0 Å². The molecule has 4 nitrogen and oxygen atoms in total. The third-order valence-corrected chi connectivity index (χ3v) is 4.56. The standard InChI is InChI=1S/C23H25FN2O2/c1-14-19(18-9-6-10-20(24)21(18)25-14)13-17(27)12-15-7-5-8-16(11-15)22(28)26-23(2,3)4/h5-11,25H,12-13H2,1-4H3,(H,26,28). The van der Waals surface area contributed by atoms with Gasteiger partial charge >= 0.3 is 0 Å². The molecule has 0 spiro atoms. The van der Waals surface area contributed by atoms with Crippen LogP contribution in [0.1, 0.15) is 48.0 Å². The number of hydrogen-bond donors (Lipinski definition) is 2. The average Bonchev–Trinajstić information content (AvgIpc) is 2.91. The highest BCUT2D eigenvalue weighted by molar-refractivity contribution is 5.95. The molecule has 28 heavy (non-hydrogen) atoms. The maximum absolute atomic E-state index is 13.9. The second-order valence-electron chi connectivity index (χ2n) is 8.19. The number of carbonyl (C=O) groups is 2. The summed E-state index contributed by atoms with van der Waals surface area (Å²) in [6, 6.07) is 12.0. The van der Waals surface area contributed by atoms with Gasteiger partial charge in [0, 0.05) is 35.0 Å². The summed E-state index contributed by atoms with van der Waals surface area (Å²) in [6.07, 6.45) is 0.436. The number of nitrogens with one attached hydrogen (secondary N) is 2. The van der Waals surface area contributed by atoms with Gasteiger partial charge in [-0.3, -0.25) is 9.59 Å². The maximum Gasteiger partial charge on any atom is 0.251 e. The number of rotatable bonds is 5. The van der Waals surface area contributed by atoms with Gasteiger partial charge in [0.2, 0.25) is 0 Å². The molecular weight excluding hydrogens is 355 g/mol. The first kappa shape index (κ1) is 19.8. The smallest absolute Gasteiger partial charge is 0.251 e. The fourth-order valence-electron chi connectivity index (χ4n) is 3.32. The number of aryl methyl sites for hydroxylation is 1. The van der Waals surface area contributed by atoms with Crippen LogP contribution in [0, 0.1) is 12.7 Å². The Bertz CT molecular complexity index is 1040. The van der Waals surface area contributed by atoms with E-state index in [1.165, 1.54) is 6.07 Å². The van der Waals surface area contributed by atoms with Crippen LogP contribution in [0.25, 0.3) is 10.9 Å². The zero-order valence-electron chi connectivity index (χ0n) is 16.7. The fourth-order valence-corrected chi connectivity index (χ4v) is 3.32. The third-order valence-electron chi connectivity index (χ3n) is 4.56. The third kappa shape index (κ3) is 4.47. The lowest BCUT2D eigenvalue weighted by Crippen LogP contribution is -2.40. The Morgan fingerprint density at radius 3 is 2.50 bits per heavy atom. The number of ketones is 1. The number of para-hydroxylation sites is 1. The second kappa shape index (κ2) is 7.58. The van der Waals surface area contributed by atoms with Crippen molar-refractivity contribution in [3.05, 3.63) is 70.7 Å². The Labute approximate surface area is 164 Å². The van der Waals surface area contributed by atoms with Crippen LogP contribution in [0.3, 0.4) is 0 Å². The zero-order valence-corrected chi connectivity index (χ0v) is 16.7. The van der Waals surface area contributed by atoms with Gasteiger partial charge in [-0.1, -0.05) is 24.3 Å². The van der Waals surface area contributed by atoms with Crippen molar-refractivity contribution in [1.82, 2.24) is 10.3 Å². The number of fused-ring (bicyclic) bond motifs is 1. The van der Waals surface area contributed by atoms with Crippen LogP contribution >= 0.6 is 0 Å². The lowest BCUT2D eigenvalue weighted by atomic mass is 9.99. The zero-order chi connectivity index (χ0) is 20.5. The van der Waals surface area contributed by atoms with Crippen molar-refractivity contribution in [2.75, 3.05) is 0 Å². The van der Waals surface area contributed by atoms with Crippen LogP contribution in [0.15, 0.2) is 42.5 Å². The highest BCUT2D eigenvalue weighted by atomic mass is 19.1. The van der Waals surface area contributed by atoms with Crippen molar-refractivity contribution < 1.29 is 14.0 Å². The van der Waals surface area contributed by atoms with E-state index in [4.69, 9.17) is 0 Å². The molecule has 0 saturated carbocycles. The molecule has 0 atom stereocenters. The topological polar surface area (TPSA) is 62.0 Å². The Balaban J connectivity index is 1.76. The normalized spacial score (nSPS) is 11.6. The molecule has 2 aromatic carbocycles. The lowest BCUT2D eigenvalue weighted by molar-refractivity contribution is -0.117. The van der Waals surface area contributed by atoms with E-state index in [-0.39, 0.29) is 35.9 Å². The minimum atomic E-state index is -0.328. The summed E-state index contributed by atoms with van der Waals surface area (Å²) in [5.74, 6) is -0.469. The van der Waals surface area contributed by atoms with E-state index in [2.05, 4.69) is 10.3 Å². The van der Waals surface area contributed by atoms with E-state index < -0.39 is 0 Å². The van der Waals surface area contributed by atoms with Gasteiger partial charge < -0.3 is 10.3 Å². The number of benzene rings is 2. The van der Waals surface area contributed by atoms with Gasteiger partial charge in [-0.25, -0.2) is 4.39 Å². The highest BCUT2D eigenvalue weighted by Crippen LogP contribution is 2.25. The monoisotopic (exact) mass is 380 g/mol. The van der Waals surface area contributed by atoms with Gasteiger partial charge in [0.05, 0.1) is 5.52 Å². The molecule has 0 fully saturated rings. The largest absolute Gasteiger partial charge is 0.356 e. The van der Waals surface area contributed by atoms with Gasteiger partial charge in [0.1, 0.15) is 11.6 Å². The lowest BCUT2D eigenvalue weighted by Gasteiger charge is -2.20. The van der Waals surface area contributed by atoms with Crippen LogP contribution in [-0.4, -0.2) is 22.2 Å². The summed E-state index contributed by atoms with van der Waals surface area (Å²) in [5.41, 5.74) is 3.04. The first-order valence-electron chi connectivity index (χ1n) is 9.33. The average molecular weight is 380 g/mol. The van der Waals surface area contributed by atoms with Crippen LogP contribution in [0.4, 0.5) is 4.39 Å².